The molecular weight excluding hydrogens is 509 g/mol. The number of nitrogens with zero attached hydrogens (tertiary/aromatic N) is 1. The first-order valence-corrected chi connectivity index (χ1v) is 11.9. The molecule has 35 heavy (non-hydrogen) atoms. The van der Waals surface area contributed by atoms with Gasteiger partial charge in [-0.2, -0.15) is 5.10 Å². The highest BCUT2D eigenvalue weighted by Gasteiger charge is 2.25. The van der Waals surface area contributed by atoms with E-state index in [9.17, 15) is 9.59 Å². The maximum atomic E-state index is 12.8. The Morgan fingerprint density at radius 1 is 0.971 bits per heavy atom. The normalized spacial score (nSPS) is 11.9. The second kappa shape index (κ2) is 12.6. The Bertz CT molecular complexity index is 1230. The highest BCUT2D eigenvalue weighted by Crippen LogP contribution is 2.24. The van der Waals surface area contributed by atoms with Crippen molar-refractivity contribution in [2.24, 2.45) is 11.0 Å². The number of hydrogen-bond acceptors (Lipinski definition) is 4. The van der Waals surface area contributed by atoms with Crippen molar-refractivity contribution in [1.29, 1.82) is 0 Å². The summed E-state index contributed by atoms with van der Waals surface area (Å²) in [5.74, 6) is -0.517. The Balaban J connectivity index is 1.64. The van der Waals surface area contributed by atoms with Crippen molar-refractivity contribution in [3.05, 3.63) is 98.5 Å². The smallest absolute Gasteiger partial charge is 0.262 e. The predicted molar refractivity (Wildman–Crippen MR) is 141 cm³/mol. The van der Waals surface area contributed by atoms with Gasteiger partial charge in [-0.1, -0.05) is 79.0 Å². The van der Waals surface area contributed by atoms with Crippen LogP contribution in [0.1, 0.15) is 35.3 Å². The molecule has 2 amide bonds. The fourth-order valence-corrected chi connectivity index (χ4v) is 3.83. The summed E-state index contributed by atoms with van der Waals surface area (Å²) < 4.78 is 5.90. The summed E-state index contributed by atoms with van der Waals surface area (Å²) in [7, 11) is 0. The van der Waals surface area contributed by atoms with Gasteiger partial charge in [0.2, 0.25) is 0 Å². The topological polar surface area (TPSA) is 79.8 Å². The minimum Gasteiger partial charge on any atom is -0.488 e. The van der Waals surface area contributed by atoms with Gasteiger partial charge >= 0.3 is 0 Å². The molecule has 0 saturated heterocycles. The number of ether oxygens (including phenoxy) is 1. The van der Waals surface area contributed by atoms with Gasteiger partial charge in [-0.05, 0) is 42.3 Å². The van der Waals surface area contributed by atoms with Gasteiger partial charge in [0.25, 0.3) is 11.8 Å². The highest BCUT2D eigenvalue weighted by molar-refractivity contribution is 6.35. The molecular formula is C26H24Cl3N3O3. The van der Waals surface area contributed by atoms with Crippen molar-refractivity contribution in [2.45, 2.75) is 26.5 Å². The summed E-state index contributed by atoms with van der Waals surface area (Å²) in [5.41, 5.74) is 4.22. The number of benzene rings is 3. The lowest BCUT2D eigenvalue weighted by Crippen LogP contribution is -2.48. The van der Waals surface area contributed by atoms with Crippen LogP contribution in [0, 0.1) is 5.92 Å². The van der Waals surface area contributed by atoms with E-state index in [-0.39, 0.29) is 12.5 Å². The molecule has 0 aliphatic carbocycles. The lowest BCUT2D eigenvalue weighted by Gasteiger charge is -2.20. The summed E-state index contributed by atoms with van der Waals surface area (Å²) in [6.07, 6.45) is 1.48. The van der Waals surface area contributed by atoms with Crippen LogP contribution < -0.4 is 15.5 Å². The molecule has 6 nitrogen and oxygen atoms in total. The molecule has 9 heteroatoms. The number of halogens is 3. The summed E-state index contributed by atoms with van der Waals surface area (Å²) in [6, 6.07) is 18.3. The van der Waals surface area contributed by atoms with Crippen molar-refractivity contribution in [3.8, 4) is 5.75 Å². The van der Waals surface area contributed by atoms with E-state index in [1.165, 1.54) is 6.21 Å². The lowest BCUT2D eigenvalue weighted by atomic mass is 10.0. The summed E-state index contributed by atoms with van der Waals surface area (Å²) in [6.45, 7) is 3.88. The molecule has 0 aliphatic heterocycles. The van der Waals surface area contributed by atoms with E-state index in [1.807, 2.05) is 26.0 Å². The van der Waals surface area contributed by atoms with Gasteiger partial charge < -0.3 is 10.1 Å². The zero-order valence-corrected chi connectivity index (χ0v) is 21.4. The molecule has 0 spiro atoms. The van der Waals surface area contributed by atoms with Crippen LogP contribution in [-0.2, 0) is 11.4 Å². The Hall–Kier alpha value is -3.06. The number of para-hydroxylation sites is 1. The average molecular weight is 533 g/mol. The first kappa shape index (κ1) is 26.5. The molecule has 0 heterocycles. The predicted octanol–water partition coefficient (Wildman–Crippen LogP) is 6.13. The van der Waals surface area contributed by atoms with E-state index in [2.05, 4.69) is 15.8 Å². The quantitative estimate of drug-likeness (QED) is 0.257. The van der Waals surface area contributed by atoms with Gasteiger partial charge in [-0.3, -0.25) is 9.59 Å². The number of rotatable bonds is 9. The lowest BCUT2D eigenvalue weighted by molar-refractivity contribution is -0.123. The van der Waals surface area contributed by atoms with Crippen LogP contribution >= 0.6 is 34.8 Å². The fourth-order valence-electron chi connectivity index (χ4n) is 3.15. The second-order valence-electron chi connectivity index (χ2n) is 7.97. The SMILES string of the molecule is CC(C)C(NC(=O)c1ccccc1Cl)C(=O)NN=Cc1ccccc1OCc1ccc(Cl)cc1Cl. The first-order chi connectivity index (χ1) is 16.8. The molecule has 1 atom stereocenters. The van der Waals surface area contributed by atoms with Crippen LogP contribution in [0.15, 0.2) is 71.8 Å². The summed E-state index contributed by atoms with van der Waals surface area (Å²) in [4.78, 5) is 25.4. The molecule has 0 radical (unpaired) electrons. The Labute approximate surface area is 219 Å². The summed E-state index contributed by atoms with van der Waals surface area (Å²) in [5, 5.41) is 8.15. The maximum Gasteiger partial charge on any atom is 0.262 e. The number of carbonyl (C=O) groups is 2. The molecule has 182 valence electrons. The average Bonchev–Trinajstić information content (AvgIpc) is 2.82. The van der Waals surface area contributed by atoms with E-state index in [1.54, 1.807) is 54.6 Å². The Kier molecular flexibility index (Phi) is 9.55. The number of hydrogen-bond donors (Lipinski definition) is 2. The third-order valence-corrected chi connectivity index (χ3v) is 5.97. The Morgan fingerprint density at radius 2 is 1.69 bits per heavy atom. The van der Waals surface area contributed by atoms with Crippen molar-refractivity contribution in [3.63, 3.8) is 0 Å². The van der Waals surface area contributed by atoms with Gasteiger partial charge in [0.1, 0.15) is 18.4 Å². The molecule has 0 fully saturated rings. The molecule has 0 aromatic heterocycles. The molecule has 3 aromatic carbocycles. The van der Waals surface area contributed by atoms with Crippen LogP contribution in [0.5, 0.6) is 5.75 Å². The third kappa shape index (κ3) is 7.46. The van der Waals surface area contributed by atoms with Gasteiger partial charge in [-0.25, -0.2) is 5.43 Å². The van der Waals surface area contributed by atoms with Crippen LogP contribution in [-0.4, -0.2) is 24.1 Å². The van der Waals surface area contributed by atoms with E-state index >= 15 is 0 Å². The molecule has 3 aromatic rings. The van der Waals surface area contributed by atoms with Crippen molar-refractivity contribution >= 4 is 52.8 Å². The molecule has 0 saturated carbocycles. The van der Waals surface area contributed by atoms with Crippen LogP contribution in [0.25, 0.3) is 0 Å². The van der Waals surface area contributed by atoms with Crippen LogP contribution in [0.4, 0.5) is 0 Å². The molecule has 3 rings (SSSR count). The largest absolute Gasteiger partial charge is 0.488 e. The number of nitrogens with one attached hydrogen (secondary N) is 2. The Morgan fingerprint density at radius 3 is 2.40 bits per heavy atom. The zero-order valence-electron chi connectivity index (χ0n) is 19.1. The van der Waals surface area contributed by atoms with E-state index in [0.717, 1.165) is 5.56 Å². The number of carbonyl (C=O) groups excluding carboxylic acids is 2. The second-order valence-corrected chi connectivity index (χ2v) is 9.22. The molecule has 1 unspecified atom stereocenters. The standard InChI is InChI=1S/C26H24Cl3N3O3/c1-16(2)24(31-25(33)20-8-4-5-9-21(20)28)26(34)32-30-14-17-7-3-6-10-23(17)35-15-18-11-12-19(27)13-22(18)29/h3-14,16,24H,15H2,1-2H3,(H,31,33)(H,32,34). The van der Waals surface area contributed by atoms with Gasteiger partial charge in [0.05, 0.1) is 16.8 Å². The van der Waals surface area contributed by atoms with Crippen molar-refractivity contribution < 1.29 is 14.3 Å². The van der Waals surface area contributed by atoms with E-state index in [0.29, 0.717) is 31.9 Å². The number of amides is 2. The molecule has 0 bridgehead atoms. The van der Waals surface area contributed by atoms with Gasteiger partial charge in [-0.15, -0.1) is 0 Å². The molecule has 0 aliphatic rings. The first-order valence-electron chi connectivity index (χ1n) is 10.8. The van der Waals surface area contributed by atoms with Crippen LogP contribution in [0.2, 0.25) is 15.1 Å². The van der Waals surface area contributed by atoms with Gasteiger partial charge in [0, 0.05) is 21.2 Å². The maximum absolute atomic E-state index is 12.8. The fraction of sp³-hybridized carbons (Fsp3) is 0.192. The highest BCUT2D eigenvalue weighted by atomic mass is 35.5. The minimum absolute atomic E-state index is 0.184. The van der Waals surface area contributed by atoms with Crippen LogP contribution in [0.3, 0.4) is 0 Å². The van der Waals surface area contributed by atoms with Crippen molar-refractivity contribution in [1.82, 2.24) is 10.7 Å². The summed E-state index contributed by atoms with van der Waals surface area (Å²) >= 11 is 18.3. The minimum atomic E-state index is -0.811. The van der Waals surface area contributed by atoms with Gasteiger partial charge in [0.15, 0.2) is 0 Å². The monoisotopic (exact) mass is 531 g/mol. The number of hydrazone groups is 1. The molecule has 2 N–H and O–H groups in total. The van der Waals surface area contributed by atoms with E-state index in [4.69, 9.17) is 39.5 Å². The van der Waals surface area contributed by atoms with E-state index < -0.39 is 17.9 Å². The third-order valence-electron chi connectivity index (χ3n) is 5.05. The van der Waals surface area contributed by atoms with Crippen molar-refractivity contribution in [2.75, 3.05) is 0 Å². The zero-order chi connectivity index (χ0) is 25.4.